The largest absolute Gasteiger partial charge is 0.508 e. The van der Waals surface area contributed by atoms with Crippen LogP contribution in [0.15, 0.2) is 44.5 Å². The molecule has 0 saturated carbocycles. The van der Waals surface area contributed by atoms with Gasteiger partial charge in [0.2, 0.25) is 11.1 Å². The lowest BCUT2D eigenvalue weighted by molar-refractivity contribution is 0.168. The molecule has 1 amide bonds. The number of hydrogen-bond acceptors (Lipinski definition) is 7. The number of fused-ring (bicyclic) bond motifs is 1. The molecule has 0 atom stereocenters. The Kier molecular flexibility index (Phi) is 4.21. The summed E-state index contributed by atoms with van der Waals surface area (Å²) >= 11 is 0. The molecule has 128 valence electrons. The minimum atomic E-state index is -0.722. The van der Waals surface area contributed by atoms with Gasteiger partial charge in [0.25, 0.3) is 5.56 Å². The molecule has 0 radical (unpaired) electrons. The van der Waals surface area contributed by atoms with Crippen molar-refractivity contribution in [1.82, 2.24) is 9.97 Å². The van der Waals surface area contributed by atoms with Crippen LogP contribution in [-0.4, -0.2) is 27.8 Å². The van der Waals surface area contributed by atoms with E-state index in [4.69, 9.17) is 9.15 Å². The summed E-state index contributed by atoms with van der Waals surface area (Å²) in [6.45, 7) is 1.82. The summed E-state index contributed by atoms with van der Waals surface area (Å²) in [6, 6.07) is 5.28. The molecule has 0 bridgehead atoms. The maximum absolute atomic E-state index is 12.2. The van der Waals surface area contributed by atoms with Crippen LogP contribution in [0.5, 0.6) is 5.75 Å². The number of amides is 1. The Morgan fingerprint density at radius 2 is 2.16 bits per heavy atom. The van der Waals surface area contributed by atoms with Crippen molar-refractivity contribution < 1.29 is 19.1 Å². The SMILES string of the molecule is CCOC(=O)Nc1cc(O)ccc1-c1cc(=O)c2[nH]c(=O)cnc2o1. The van der Waals surface area contributed by atoms with E-state index in [9.17, 15) is 19.5 Å². The van der Waals surface area contributed by atoms with E-state index < -0.39 is 17.1 Å². The third-order valence-corrected chi connectivity index (χ3v) is 3.26. The Hall–Kier alpha value is -3.62. The van der Waals surface area contributed by atoms with Gasteiger partial charge in [-0.1, -0.05) is 0 Å². The van der Waals surface area contributed by atoms with Gasteiger partial charge in [-0.15, -0.1) is 0 Å². The Morgan fingerprint density at radius 1 is 1.36 bits per heavy atom. The average Bonchev–Trinajstić information content (AvgIpc) is 2.56. The Labute approximate surface area is 139 Å². The number of phenols is 1. The van der Waals surface area contributed by atoms with E-state index in [2.05, 4.69) is 15.3 Å². The van der Waals surface area contributed by atoms with Gasteiger partial charge in [-0.3, -0.25) is 14.9 Å². The van der Waals surface area contributed by atoms with E-state index in [-0.39, 0.29) is 35.0 Å². The minimum Gasteiger partial charge on any atom is -0.508 e. The molecular weight excluding hydrogens is 330 g/mol. The van der Waals surface area contributed by atoms with E-state index in [1.807, 2.05) is 0 Å². The quantitative estimate of drug-likeness (QED) is 0.660. The van der Waals surface area contributed by atoms with Crippen LogP contribution in [0.1, 0.15) is 6.92 Å². The summed E-state index contributed by atoms with van der Waals surface area (Å²) in [6.07, 6.45) is 0.267. The van der Waals surface area contributed by atoms with Crippen molar-refractivity contribution in [2.75, 3.05) is 11.9 Å². The molecule has 0 aliphatic heterocycles. The molecular formula is C16H13N3O6. The van der Waals surface area contributed by atoms with Crippen molar-refractivity contribution in [2.24, 2.45) is 0 Å². The molecule has 9 nitrogen and oxygen atoms in total. The maximum atomic E-state index is 12.2. The predicted octanol–water partition coefficient (Wildman–Crippen LogP) is 1.82. The van der Waals surface area contributed by atoms with Crippen LogP contribution in [0.4, 0.5) is 10.5 Å². The number of nitrogens with zero attached hydrogens (tertiary/aromatic N) is 1. The van der Waals surface area contributed by atoms with Gasteiger partial charge in [0.1, 0.15) is 11.5 Å². The third-order valence-electron chi connectivity index (χ3n) is 3.26. The fourth-order valence-electron chi connectivity index (χ4n) is 2.22. The average molecular weight is 343 g/mol. The fraction of sp³-hybridized carbons (Fsp3) is 0.125. The minimum absolute atomic E-state index is 0.0581. The van der Waals surface area contributed by atoms with Gasteiger partial charge in [-0.2, -0.15) is 0 Å². The van der Waals surface area contributed by atoms with Crippen LogP contribution in [-0.2, 0) is 4.74 Å². The standard InChI is InChI=1S/C16H13N3O6/c1-2-24-16(23)18-10-5-8(20)3-4-9(10)12-6-11(21)14-15(25-12)17-7-13(22)19-14/h3-7,20H,2H2,1H3,(H,18,23)(H,19,22). The molecule has 3 aromatic rings. The molecule has 1 aromatic carbocycles. The second-order valence-corrected chi connectivity index (χ2v) is 4.98. The molecule has 0 aliphatic carbocycles. The summed E-state index contributed by atoms with van der Waals surface area (Å²) in [4.78, 5) is 41.3. The number of carbonyl (C=O) groups excluding carboxylic acids is 1. The number of aromatic nitrogens is 2. The first kappa shape index (κ1) is 16.2. The molecule has 0 unspecified atom stereocenters. The normalized spacial score (nSPS) is 10.6. The number of carbonyl (C=O) groups is 1. The highest BCUT2D eigenvalue weighted by molar-refractivity contribution is 5.91. The van der Waals surface area contributed by atoms with Crippen molar-refractivity contribution in [1.29, 1.82) is 0 Å². The molecule has 0 aliphatic rings. The Morgan fingerprint density at radius 3 is 2.92 bits per heavy atom. The van der Waals surface area contributed by atoms with Crippen molar-refractivity contribution in [3.8, 4) is 17.1 Å². The second kappa shape index (κ2) is 6.48. The van der Waals surface area contributed by atoms with Gasteiger partial charge < -0.3 is 19.2 Å². The molecule has 2 heterocycles. The summed E-state index contributed by atoms with van der Waals surface area (Å²) in [5, 5.41) is 12.1. The topological polar surface area (TPSA) is 135 Å². The number of aromatic hydroxyl groups is 1. The van der Waals surface area contributed by atoms with Gasteiger partial charge >= 0.3 is 6.09 Å². The number of nitrogens with one attached hydrogen (secondary N) is 2. The Bertz CT molecular complexity index is 1070. The first-order chi connectivity index (χ1) is 12.0. The van der Waals surface area contributed by atoms with Gasteiger partial charge in [0.15, 0.2) is 5.52 Å². The lowest BCUT2D eigenvalue weighted by Gasteiger charge is -2.11. The number of anilines is 1. The summed E-state index contributed by atoms with van der Waals surface area (Å²) < 4.78 is 10.4. The van der Waals surface area contributed by atoms with E-state index >= 15 is 0 Å². The molecule has 25 heavy (non-hydrogen) atoms. The van der Waals surface area contributed by atoms with Crippen LogP contribution in [0.25, 0.3) is 22.6 Å². The van der Waals surface area contributed by atoms with Crippen LogP contribution >= 0.6 is 0 Å². The number of benzene rings is 1. The fourth-order valence-corrected chi connectivity index (χ4v) is 2.22. The van der Waals surface area contributed by atoms with Crippen LogP contribution in [0, 0.1) is 0 Å². The zero-order valence-electron chi connectivity index (χ0n) is 13.0. The first-order valence-corrected chi connectivity index (χ1v) is 7.28. The zero-order valence-corrected chi connectivity index (χ0v) is 13.0. The monoisotopic (exact) mass is 343 g/mol. The lowest BCUT2D eigenvalue weighted by atomic mass is 10.1. The molecule has 2 aromatic heterocycles. The van der Waals surface area contributed by atoms with Crippen LogP contribution in [0.3, 0.4) is 0 Å². The van der Waals surface area contributed by atoms with Gasteiger partial charge in [-0.05, 0) is 19.1 Å². The summed E-state index contributed by atoms with van der Waals surface area (Å²) in [5.74, 6) is 0.00462. The third kappa shape index (κ3) is 3.34. The molecule has 3 N–H and O–H groups in total. The number of ether oxygens (including phenoxy) is 1. The number of phenolic OH excluding ortho intramolecular Hbond substituents is 1. The zero-order chi connectivity index (χ0) is 18.0. The molecule has 0 fully saturated rings. The molecule has 3 rings (SSSR count). The van der Waals surface area contributed by atoms with Gasteiger partial charge in [-0.25, -0.2) is 9.78 Å². The second-order valence-electron chi connectivity index (χ2n) is 4.98. The van der Waals surface area contributed by atoms with Crippen molar-refractivity contribution >= 4 is 23.0 Å². The highest BCUT2D eigenvalue weighted by atomic mass is 16.5. The molecule has 0 saturated heterocycles. The smallest absolute Gasteiger partial charge is 0.411 e. The molecule has 0 spiro atoms. The van der Waals surface area contributed by atoms with Crippen molar-refractivity contribution in [3.63, 3.8) is 0 Å². The van der Waals surface area contributed by atoms with E-state index in [0.29, 0.717) is 5.56 Å². The van der Waals surface area contributed by atoms with Crippen molar-refractivity contribution in [2.45, 2.75) is 6.92 Å². The maximum Gasteiger partial charge on any atom is 0.411 e. The number of hydrogen-bond donors (Lipinski definition) is 3. The van der Waals surface area contributed by atoms with Crippen LogP contribution < -0.4 is 16.3 Å². The predicted molar refractivity (Wildman–Crippen MR) is 88.6 cm³/mol. The summed E-state index contributed by atoms with van der Waals surface area (Å²) in [7, 11) is 0. The van der Waals surface area contributed by atoms with Gasteiger partial charge in [0.05, 0.1) is 18.5 Å². The number of rotatable bonds is 3. The van der Waals surface area contributed by atoms with Crippen molar-refractivity contribution in [3.05, 3.63) is 51.0 Å². The highest BCUT2D eigenvalue weighted by Gasteiger charge is 2.15. The van der Waals surface area contributed by atoms with Gasteiger partial charge in [0, 0.05) is 17.7 Å². The number of aromatic amines is 1. The van der Waals surface area contributed by atoms with Crippen LogP contribution in [0.2, 0.25) is 0 Å². The molecule has 9 heteroatoms. The summed E-state index contributed by atoms with van der Waals surface area (Å²) in [5.41, 5.74) is -0.631. The van der Waals surface area contributed by atoms with E-state index in [0.717, 1.165) is 12.3 Å². The Balaban J connectivity index is 2.14. The lowest BCUT2D eigenvalue weighted by Crippen LogP contribution is -2.14. The number of H-pyrrole nitrogens is 1. The van der Waals surface area contributed by atoms with E-state index in [1.165, 1.54) is 18.2 Å². The first-order valence-electron chi connectivity index (χ1n) is 7.28. The highest BCUT2D eigenvalue weighted by Crippen LogP contribution is 2.31. The van der Waals surface area contributed by atoms with E-state index in [1.54, 1.807) is 6.92 Å².